The fourth-order valence-corrected chi connectivity index (χ4v) is 3.82. The van der Waals surface area contributed by atoms with Crippen LogP contribution >= 0.6 is 0 Å². The van der Waals surface area contributed by atoms with Crippen molar-refractivity contribution in [3.05, 3.63) is 23.8 Å². The van der Waals surface area contributed by atoms with Gasteiger partial charge in [0.25, 0.3) is 0 Å². The molecular weight excluding hydrogens is 444 g/mol. The van der Waals surface area contributed by atoms with Gasteiger partial charge in [-0.15, -0.1) is 0 Å². The number of rotatable bonds is 8. The van der Waals surface area contributed by atoms with Gasteiger partial charge in [-0.05, 0) is 31.0 Å². The molecule has 188 valence electrons. The first kappa shape index (κ1) is 26.0. The Morgan fingerprint density at radius 1 is 0.909 bits per heavy atom. The van der Waals surface area contributed by atoms with Crippen molar-refractivity contribution in [3.8, 4) is 11.5 Å². The zero-order valence-corrected chi connectivity index (χ0v) is 18.3. The van der Waals surface area contributed by atoms with Crippen LogP contribution in [0.15, 0.2) is 18.2 Å². The van der Waals surface area contributed by atoms with Crippen LogP contribution < -0.4 is 4.74 Å². The molecule has 3 rings (SSSR count). The average molecular weight is 476 g/mol. The minimum absolute atomic E-state index is 0.0338. The molecular formula is C21H32O12. The van der Waals surface area contributed by atoms with Gasteiger partial charge in [-0.3, -0.25) is 0 Å². The smallest absolute Gasteiger partial charge is 0.187 e. The Kier molecular flexibility index (Phi) is 8.86. The van der Waals surface area contributed by atoms with Crippen LogP contribution in [0.1, 0.15) is 12.5 Å². The van der Waals surface area contributed by atoms with Crippen LogP contribution in [0.5, 0.6) is 11.5 Å². The Morgan fingerprint density at radius 2 is 1.64 bits per heavy atom. The Morgan fingerprint density at radius 3 is 2.27 bits per heavy atom. The second kappa shape index (κ2) is 11.2. The van der Waals surface area contributed by atoms with Gasteiger partial charge in [0.2, 0.25) is 0 Å². The maximum Gasteiger partial charge on any atom is 0.187 e. The van der Waals surface area contributed by atoms with Crippen LogP contribution in [-0.4, -0.2) is 117 Å². The molecule has 12 nitrogen and oxygen atoms in total. The van der Waals surface area contributed by atoms with Crippen molar-refractivity contribution in [3.63, 3.8) is 0 Å². The fourth-order valence-electron chi connectivity index (χ4n) is 3.82. The topological polar surface area (TPSA) is 188 Å². The van der Waals surface area contributed by atoms with Crippen molar-refractivity contribution < 1.29 is 59.4 Å². The third-order valence-corrected chi connectivity index (χ3v) is 5.84. The summed E-state index contributed by atoms with van der Waals surface area (Å²) in [6, 6.07) is 4.84. The van der Waals surface area contributed by atoms with Crippen LogP contribution in [-0.2, 0) is 25.4 Å². The Balaban J connectivity index is 1.64. The molecule has 0 aliphatic carbocycles. The van der Waals surface area contributed by atoms with E-state index in [-0.39, 0.29) is 12.4 Å². The largest absolute Gasteiger partial charge is 0.504 e. The van der Waals surface area contributed by atoms with E-state index in [1.165, 1.54) is 20.1 Å². The number of aliphatic hydroxyl groups excluding tert-OH is 6. The number of ether oxygens (including phenoxy) is 5. The Bertz CT molecular complexity index is 763. The number of phenols is 1. The molecule has 1 aromatic rings. The lowest BCUT2D eigenvalue weighted by molar-refractivity contribution is -0.357. The highest BCUT2D eigenvalue weighted by atomic mass is 16.7. The van der Waals surface area contributed by atoms with E-state index in [4.69, 9.17) is 23.7 Å². The van der Waals surface area contributed by atoms with Gasteiger partial charge >= 0.3 is 0 Å². The summed E-state index contributed by atoms with van der Waals surface area (Å²) in [5.74, 6) is 0.290. The minimum atomic E-state index is -1.65. The molecule has 0 bridgehead atoms. The molecule has 7 N–H and O–H groups in total. The van der Waals surface area contributed by atoms with Gasteiger partial charge in [0, 0.05) is 0 Å². The first-order valence-electron chi connectivity index (χ1n) is 10.6. The average Bonchev–Trinajstić information content (AvgIpc) is 2.80. The molecule has 2 fully saturated rings. The summed E-state index contributed by atoms with van der Waals surface area (Å²) in [5, 5.41) is 70.6. The number of aliphatic hydroxyl groups is 6. The summed E-state index contributed by atoms with van der Waals surface area (Å²) in [6.45, 7) is 0.914. The first-order valence-corrected chi connectivity index (χ1v) is 10.6. The van der Waals surface area contributed by atoms with Crippen LogP contribution in [0, 0.1) is 0 Å². The van der Waals surface area contributed by atoms with E-state index < -0.39 is 68.0 Å². The molecule has 10 unspecified atom stereocenters. The number of benzene rings is 1. The molecule has 10 atom stereocenters. The van der Waals surface area contributed by atoms with Gasteiger partial charge in [-0.1, -0.05) is 6.07 Å². The monoisotopic (exact) mass is 476 g/mol. The fraction of sp³-hybridized carbons (Fsp3) is 0.714. The minimum Gasteiger partial charge on any atom is -0.504 e. The van der Waals surface area contributed by atoms with Crippen molar-refractivity contribution in [2.24, 2.45) is 0 Å². The zero-order valence-electron chi connectivity index (χ0n) is 18.3. The van der Waals surface area contributed by atoms with Crippen molar-refractivity contribution >= 4 is 0 Å². The van der Waals surface area contributed by atoms with Gasteiger partial charge in [0.1, 0.15) is 42.7 Å². The van der Waals surface area contributed by atoms with Crippen LogP contribution in [0.3, 0.4) is 0 Å². The van der Waals surface area contributed by atoms with Crippen molar-refractivity contribution in [2.45, 2.75) is 74.8 Å². The molecule has 2 heterocycles. The SMILES string of the molecule is COc1ccc(CCOC2OC(CO)C(O)C(OC3OC(C)C(O)C(O)C3O)C2O)cc1O. The van der Waals surface area contributed by atoms with E-state index in [1.54, 1.807) is 12.1 Å². The highest BCUT2D eigenvalue weighted by Crippen LogP contribution is 2.30. The summed E-state index contributed by atoms with van der Waals surface area (Å²) >= 11 is 0. The molecule has 33 heavy (non-hydrogen) atoms. The predicted octanol–water partition coefficient (Wildman–Crippen LogP) is -2.39. The molecule has 12 heteroatoms. The van der Waals surface area contributed by atoms with Gasteiger partial charge in [-0.25, -0.2) is 0 Å². The van der Waals surface area contributed by atoms with Gasteiger partial charge < -0.3 is 59.4 Å². The second-order valence-electron chi connectivity index (χ2n) is 8.12. The predicted molar refractivity (Wildman–Crippen MR) is 109 cm³/mol. The molecule has 0 radical (unpaired) electrons. The zero-order chi connectivity index (χ0) is 24.3. The number of aromatic hydroxyl groups is 1. The summed E-state index contributed by atoms with van der Waals surface area (Å²) in [4.78, 5) is 0. The van der Waals surface area contributed by atoms with Gasteiger partial charge in [0.15, 0.2) is 24.1 Å². The van der Waals surface area contributed by atoms with Crippen LogP contribution in [0.2, 0.25) is 0 Å². The van der Waals surface area contributed by atoms with Crippen molar-refractivity contribution in [1.29, 1.82) is 0 Å². The van der Waals surface area contributed by atoms with E-state index in [1.807, 2.05) is 0 Å². The van der Waals surface area contributed by atoms with Crippen molar-refractivity contribution in [1.82, 2.24) is 0 Å². The van der Waals surface area contributed by atoms with E-state index in [0.717, 1.165) is 5.56 Å². The highest BCUT2D eigenvalue weighted by Gasteiger charge is 2.50. The van der Waals surface area contributed by atoms with Gasteiger partial charge in [0.05, 0.1) is 26.4 Å². The van der Waals surface area contributed by atoms with Crippen molar-refractivity contribution in [2.75, 3.05) is 20.3 Å². The molecule has 2 saturated heterocycles. The number of phenolic OH excluding ortho intramolecular Hbond substituents is 1. The van der Waals surface area contributed by atoms with E-state index in [9.17, 15) is 35.7 Å². The van der Waals surface area contributed by atoms with E-state index in [0.29, 0.717) is 12.2 Å². The number of methoxy groups -OCH3 is 1. The lowest BCUT2D eigenvalue weighted by Crippen LogP contribution is -2.64. The first-order chi connectivity index (χ1) is 15.7. The lowest BCUT2D eigenvalue weighted by Gasteiger charge is -2.45. The molecule has 1 aromatic carbocycles. The third kappa shape index (κ3) is 5.74. The lowest BCUT2D eigenvalue weighted by atomic mass is 9.97. The number of hydrogen-bond donors (Lipinski definition) is 7. The summed E-state index contributed by atoms with van der Waals surface area (Å²) in [6.07, 6.45) is -13.5. The summed E-state index contributed by atoms with van der Waals surface area (Å²) in [5.41, 5.74) is 0.727. The maximum absolute atomic E-state index is 10.7. The molecule has 0 aromatic heterocycles. The summed E-state index contributed by atoms with van der Waals surface area (Å²) < 4.78 is 27.0. The maximum atomic E-state index is 10.7. The molecule has 0 saturated carbocycles. The Hall–Kier alpha value is -1.58. The molecule has 0 amide bonds. The quantitative estimate of drug-likeness (QED) is 0.211. The molecule has 0 spiro atoms. The normalized spacial score (nSPS) is 39.4. The second-order valence-corrected chi connectivity index (χ2v) is 8.12. The van der Waals surface area contributed by atoms with E-state index >= 15 is 0 Å². The van der Waals surface area contributed by atoms with Gasteiger partial charge in [-0.2, -0.15) is 0 Å². The highest BCUT2D eigenvalue weighted by molar-refractivity contribution is 5.41. The standard InChI is InChI=1S/C21H32O12/c1-9-14(24)16(26)17(27)21(31-9)33-19-15(25)13(8-22)32-20(18(19)28)30-6-5-10-3-4-12(29-2)11(23)7-10/h3-4,7,9,13-28H,5-6,8H2,1-2H3. The third-order valence-electron chi connectivity index (χ3n) is 5.84. The Labute approximate surface area is 190 Å². The van der Waals surface area contributed by atoms with Crippen LogP contribution in [0.25, 0.3) is 0 Å². The van der Waals surface area contributed by atoms with Crippen LogP contribution in [0.4, 0.5) is 0 Å². The number of hydrogen-bond acceptors (Lipinski definition) is 12. The molecule has 2 aliphatic rings. The summed E-state index contributed by atoms with van der Waals surface area (Å²) in [7, 11) is 1.44. The van der Waals surface area contributed by atoms with E-state index in [2.05, 4.69) is 0 Å². The molecule has 2 aliphatic heterocycles.